The molecule has 12 nitrogen and oxygen atoms in total. The Morgan fingerprint density at radius 1 is 1.14 bits per heavy atom. The lowest BCUT2D eigenvalue weighted by molar-refractivity contribution is -0.384. The topological polar surface area (TPSA) is 137 Å². The van der Waals surface area contributed by atoms with Crippen LogP contribution in [-0.2, 0) is 9.53 Å². The molecule has 2 fully saturated rings. The van der Waals surface area contributed by atoms with Crippen LogP contribution in [0, 0.1) is 15.9 Å². The van der Waals surface area contributed by atoms with Crippen molar-refractivity contribution in [3.05, 3.63) is 58.4 Å². The lowest BCUT2D eigenvalue weighted by Crippen LogP contribution is -2.50. The first-order chi connectivity index (χ1) is 17.2. The molecule has 1 atom stereocenters. The summed E-state index contributed by atoms with van der Waals surface area (Å²) >= 11 is 0. The minimum Gasteiger partial charge on any atom is -0.442 e. The van der Waals surface area contributed by atoms with Crippen LogP contribution in [0.2, 0.25) is 0 Å². The largest absolute Gasteiger partial charge is 0.442 e. The Kier molecular flexibility index (Phi) is 7.17. The SMILES string of the molecule is CC(=O)NC[C@H]1CN(c2ccc(N3CCN(C(=O)Nc4ccc([N+](=O)[O-])cc4)CC3)c(F)c2)C(=O)O1. The van der Waals surface area contributed by atoms with Crippen molar-refractivity contribution >= 4 is 40.8 Å². The van der Waals surface area contributed by atoms with E-state index in [2.05, 4.69) is 10.6 Å². The third-order valence-electron chi connectivity index (χ3n) is 5.93. The molecule has 2 aromatic rings. The number of amides is 4. The van der Waals surface area contributed by atoms with Crippen molar-refractivity contribution in [3.8, 4) is 0 Å². The third-order valence-corrected chi connectivity index (χ3v) is 5.93. The highest BCUT2D eigenvalue weighted by atomic mass is 19.1. The number of nitrogens with zero attached hydrogens (tertiary/aromatic N) is 4. The van der Waals surface area contributed by atoms with Crippen LogP contribution in [0.4, 0.5) is 36.7 Å². The number of benzene rings is 2. The number of nitro groups is 1. The van der Waals surface area contributed by atoms with Gasteiger partial charge in [-0.3, -0.25) is 19.8 Å². The summed E-state index contributed by atoms with van der Waals surface area (Å²) in [6.45, 7) is 3.24. The fraction of sp³-hybridized carbons (Fsp3) is 0.348. The number of carbonyl (C=O) groups is 3. The number of ether oxygens (including phenoxy) is 1. The first kappa shape index (κ1) is 24.7. The Morgan fingerprint density at radius 3 is 2.44 bits per heavy atom. The zero-order valence-corrected chi connectivity index (χ0v) is 19.5. The predicted molar refractivity (Wildman–Crippen MR) is 129 cm³/mol. The molecule has 2 saturated heterocycles. The van der Waals surface area contributed by atoms with Gasteiger partial charge >= 0.3 is 12.1 Å². The zero-order chi connectivity index (χ0) is 25.8. The van der Waals surface area contributed by atoms with E-state index < -0.39 is 22.9 Å². The molecule has 0 unspecified atom stereocenters. The van der Waals surface area contributed by atoms with E-state index in [1.165, 1.54) is 42.2 Å². The molecule has 2 aliphatic heterocycles. The molecule has 0 bridgehead atoms. The first-order valence-corrected chi connectivity index (χ1v) is 11.3. The van der Waals surface area contributed by atoms with E-state index in [1.807, 2.05) is 4.90 Å². The van der Waals surface area contributed by atoms with Crippen LogP contribution in [-0.4, -0.2) is 73.2 Å². The number of nitro benzene ring substituents is 1. The van der Waals surface area contributed by atoms with Gasteiger partial charge in [0.15, 0.2) is 0 Å². The summed E-state index contributed by atoms with van der Waals surface area (Å²) in [7, 11) is 0. The highest BCUT2D eigenvalue weighted by molar-refractivity contribution is 5.90. The van der Waals surface area contributed by atoms with E-state index in [9.17, 15) is 28.9 Å². The monoisotopic (exact) mass is 500 g/mol. The molecule has 0 saturated carbocycles. The molecule has 4 rings (SSSR count). The van der Waals surface area contributed by atoms with Crippen LogP contribution in [0.25, 0.3) is 0 Å². The van der Waals surface area contributed by atoms with E-state index in [0.29, 0.717) is 43.2 Å². The van der Waals surface area contributed by atoms with Crippen molar-refractivity contribution in [2.24, 2.45) is 0 Å². The second kappa shape index (κ2) is 10.5. The summed E-state index contributed by atoms with van der Waals surface area (Å²) in [6.07, 6.45) is -1.13. The summed E-state index contributed by atoms with van der Waals surface area (Å²) in [4.78, 5) is 50.8. The molecule has 2 heterocycles. The van der Waals surface area contributed by atoms with Crippen LogP contribution in [0.1, 0.15) is 6.92 Å². The fourth-order valence-corrected chi connectivity index (χ4v) is 4.04. The van der Waals surface area contributed by atoms with Crippen molar-refractivity contribution in [1.82, 2.24) is 10.2 Å². The van der Waals surface area contributed by atoms with Crippen LogP contribution in [0.5, 0.6) is 0 Å². The number of rotatable bonds is 6. The number of piperazine rings is 1. The van der Waals surface area contributed by atoms with E-state index >= 15 is 0 Å². The van der Waals surface area contributed by atoms with Gasteiger partial charge in [0, 0.05) is 50.9 Å². The molecule has 2 aromatic carbocycles. The van der Waals surface area contributed by atoms with Gasteiger partial charge in [0.1, 0.15) is 11.9 Å². The van der Waals surface area contributed by atoms with Gasteiger partial charge in [-0.05, 0) is 30.3 Å². The standard InChI is InChI=1S/C23H25FN6O6/c1-15(31)25-13-19-14-29(23(33)36-19)18-6-7-21(20(24)12-18)27-8-10-28(11-9-27)22(32)26-16-2-4-17(5-3-16)30(34)35/h2-7,12,19H,8-11,13-14H2,1H3,(H,25,31)(H,26,32)/t19-/m0/s1. The summed E-state index contributed by atoms with van der Waals surface area (Å²) in [6, 6.07) is 9.68. The van der Waals surface area contributed by atoms with Gasteiger partial charge in [-0.1, -0.05) is 0 Å². The third kappa shape index (κ3) is 5.62. The predicted octanol–water partition coefficient (Wildman–Crippen LogP) is 2.55. The molecule has 36 heavy (non-hydrogen) atoms. The number of hydrogen-bond acceptors (Lipinski definition) is 7. The Labute approximate surface area is 205 Å². The van der Waals surface area contributed by atoms with Gasteiger partial charge in [-0.2, -0.15) is 0 Å². The second-order valence-corrected chi connectivity index (χ2v) is 8.40. The Hall–Kier alpha value is -4.42. The van der Waals surface area contributed by atoms with E-state index in [1.54, 1.807) is 17.0 Å². The molecule has 4 amide bonds. The number of carbonyl (C=O) groups excluding carboxylic acids is 3. The van der Waals surface area contributed by atoms with Crippen molar-refractivity contribution < 1.29 is 28.4 Å². The van der Waals surface area contributed by atoms with Gasteiger partial charge < -0.3 is 25.2 Å². The smallest absolute Gasteiger partial charge is 0.414 e. The van der Waals surface area contributed by atoms with Crippen molar-refractivity contribution in [1.29, 1.82) is 0 Å². The summed E-state index contributed by atoms with van der Waals surface area (Å²) in [5.74, 6) is -0.738. The van der Waals surface area contributed by atoms with E-state index in [-0.39, 0.29) is 30.7 Å². The summed E-state index contributed by atoms with van der Waals surface area (Å²) < 4.78 is 20.2. The summed E-state index contributed by atoms with van der Waals surface area (Å²) in [5, 5.41) is 16.1. The Balaban J connectivity index is 1.32. The molecule has 0 spiro atoms. The zero-order valence-electron chi connectivity index (χ0n) is 19.5. The Bertz CT molecular complexity index is 1170. The van der Waals surface area contributed by atoms with Gasteiger partial charge in [-0.25, -0.2) is 14.0 Å². The molecule has 190 valence electrons. The Morgan fingerprint density at radius 2 is 1.83 bits per heavy atom. The molecule has 2 aliphatic rings. The average molecular weight is 500 g/mol. The maximum atomic E-state index is 15.0. The van der Waals surface area contributed by atoms with Crippen molar-refractivity contribution in [2.75, 3.05) is 54.4 Å². The molecular weight excluding hydrogens is 475 g/mol. The normalized spacial score (nSPS) is 17.6. The van der Waals surface area contributed by atoms with Crippen molar-refractivity contribution in [2.45, 2.75) is 13.0 Å². The highest BCUT2D eigenvalue weighted by Crippen LogP contribution is 2.28. The van der Waals surface area contributed by atoms with E-state index in [4.69, 9.17) is 4.74 Å². The number of nitrogens with one attached hydrogen (secondary N) is 2. The number of hydrogen-bond donors (Lipinski definition) is 2. The van der Waals surface area contributed by atoms with Crippen molar-refractivity contribution in [3.63, 3.8) is 0 Å². The maximum absolute atomic E-state index is 15.0. The molecule has 2 N–H and O–H groups in total. The number of halogens is 1. The van der Waals surface area contributed by atoms with Crippen LogP contribution in [0.15, 0.2) is 42.5 Å². The minimum atomic E-state index is -0.606. The molecule has 0 aromatic heterocycles. The molecule has 0 aliphatic carbocycles. The fourth-order valence-electron chi connectivity index (χ4n) is 4.04. The van der Waals surface area contributed by atoms with Gasteiger partial charge in [0.2, 0.25) is 5.91 Å². The van der Waals surface area contributed by atoms with Gasteiger partial charge in [0.25, 0.3) is 5.69 Å². The number of urea groups is 1. The summed E-state index contributed by atoms with van der Waals surface area (Å²) in [5.41, 5.74) is 1.08. The number of cyclic esters (lactones) is 1. The molecule has 0 radical (unpaired) electrons. The lowest BCUT2D eigenvalue weighted by Gasteiger charge is -2.36. The molecule has 13 heteroatoms. The first-order valence-electron chi connectivity index (χ1n) is 11.3. The van der Waals surface area contributed by atoms with Crippen LogP contribution >= 0.6 is 0 Å². The maximum Gasteiger partial charge on any atom is 0.414 e. The van der Waals surface area contributed by atoms with Gasteiger partial charge in [0.05, 0.1) is 29.4 Å². The minimum absolute atomic E-state index is 0.0684. The van der Waals surface area contributed by atoms with Crippen LogP contribution < -0.4 is 20.4 Å². The number of anilines is 3. The average Bonchev–Trinajstić information content (AvgIpc) is 3.23. The highest BCUT2D eigenvalue weighted by Gasteiger charge is 2.33. The lowest BCUT2D eigenvalue weighted by atomic mass is 10.2. The van der Waals surface area contributed by atoms with Crippen LogP contribution in [0.3, 0.4) is 0 Å². The number of non-ortho nitro benzene ring substituents is 1. The molecular formula is C23H25FN6O6. The van der Waals surface area contributed by atoms with E-state index in [0.717, 1.165) is 0 Å². The van der Waals surface area contributed by atoms with Gasteiger partial charge in [-0.15, -0.1) is 0 Å². The second-order valence-electron chi connectivity index (χ2n) is 8.40. The quantitative estimate of drug-likeness (QED) is 0.459.